The molecule has 0 atom stereocenters. The molecule has 0 saturated heterocycles. The third-order valence-electron chi connectivity index (χ3n) is 4.12. The largest absolute Gasteiger partial charge is 0.376 e. The molecule has 2 rings (SSSR count). The molecule has 0 radical (unpaired) electrons. The number of hydrazine groups is 1. The number of aryl methyl sites for hydroxylation is 2. The van der Waals surface area contributed by atoms with Gasteiger partial charge in [-0.2, -0.15) is 0 Å². The minimum absolute atomic E-state index is 0.0429. The van der Waals surface area contributed by atoms with E-state index in [0.29, 0.717) is 0 Å². The molecule has 0 heterocycles. The molecule has 0 aromatic heterocycles. The van der Waals surface area contributed by atoms with E-state index >= 15 is 0 Å². The average molecular weight is 303 g/mol. The van der Waals surface area contributed by atoms with Crippen LogP contribution in [-0.2, 0) is 9.59 Å². The molecule has 120 valence electrons. The summed E-state index contributed by atoms with van der Waals surface area (Å²) in [5, 5.41) is 3.08. The van der Waals surface area contributed by atoms with Gasteiger partial charge in [0.2, 0.25) is 5.91 Å². The van der Waals surface area contributed by atoms with Crippen molar-refractivity contribution in [2.24, 2.45) is 5.92 Å². The highest BCUT2D eigenvalue weighted by molar-refractivity contribution is 5.85. The quantitative estimate of drug-likeness (QED) is 0.748. The van der Waals surface area contributed by atoms with Crippen LogP contribution in [0.4, 0.5) is 5.69 Å². The summed E-state index contributed by atoms with van der Waals surface area (Å²) >= 11 is 0. The van der Waals surface area contributed by atoms with Crippen molar-refractivity contribution in [1.82, 2.24) is 10.9 Å². The van der Waals surface area contributed by atoms with Crippen molar-refractivity contribution in [3.63, 3.8) is 0 Å². The molecular weight excluding hydrogens is 278 g/mol. The van der Waals surface area contributed by atoms with Gasteiger partial charge < -0.3 is 5.32 Å². The minimum Gasteiger partial charge on any atom is -0.376 e. The maximum Gasteiger partial charge on any atom is 0.257 e. The standard InChI is InChI=1S/C17H25N3O2/c1-12-8-9-15(13(2)10-12)18-11-16(21)19-20-17(22)14-6-4-3-5-7-14/h8-10,14,18H,3-7,11H2,1-2H3,(H,19,21)(H,20,22). The maximum atomic E-state index is 11.9. The van der Waals surface area contributed by atoms with Gasteiger partial charge in [0.1, 0.15) is 0 Å². The molecule has 22 heavy (non-hydrogen) atoms. The van der Waals surface area contributed by atoms with E-state index in [4.69, 9.17) is 0 Å². The van der Waals surface area contributed by atoms with Crippen LogP contribution in [0.15, 0.2) is 18.2 Å². The summed E-state index contributed by atoms with van der Waals surface area (Å²) in [6, 6.07) is 6.02. The first kappa shape index (κ1) is 16.3. The zero-order valence-corrected chi connectivity index (χ0v) is 13.4. The van der Waals surface area contributed by atoms with Crippen molar-refractivity contribution in [3.8, 4) is 0 Å². The Bertz CT molecular complexity index is 537. The Morgan fingerprint density at radius 2 is 1.82 bits per heavy atom. The van der Waals surface area contributed by atoms with Crippen molar-refractivity contribution >= 4 is 17.5 Å². The lowest BCUT2D eigenvalue weighted by Crippen LogP contribution is -2.46. The topological polar surface area (TPSA) is 70.2 Å². The fourth-order valence-electron chi connectivity index (χ4n) is 2.83. The highest BCUT2D eigenvalue weighted by Gasteiger charge is 2.21. The molecule has 5 nitrogen and oxygen atoms in total. The Hall–Kier alpha value is -2.04. The van der Waals surface area contributed by atoms with E-state index in [1.807, 2.05) is 26.0 Å². The summed E-state index contributed by atoms with van der Waals surface area (Å²) in [6.07, 6.45) is 5.24. The van der Waals surface area contributed by atoms with Gasteiger partial charge in [-0.1, -0.05) is 37.0 Å². The van der Waals surface area contributed by atoms with Crippen molar-refractivity contribution < 1.29 is 9.59 Å². The number of benzene rings is 1. The van der Waals surface area contributed by atoms with Crippen molar-refractivity contribution in [1.29, 1.82) is 0 Å². The summed E-state index contributed by atoms with van der Waals surface area (Å²) in [7, 11) is 0. The van der Waals surface area contributed by atoms with Gasteiger partial charge in [0.15, 0.2) is 0 Å². The van der Waals surface area contributed by atoms with Crippen molar-refractivity contribution in [3.05, 3.63) is 29.3 Å². The number of carbonyl (C=O) groups excluding carboxylic acids is 2. The zero-order valence-electron chi connectivity index (χ0n) is 13.4. The molecule has 5 heteroatoms. The van der Waals surface area contributed by atoms with Crippen molar-refractivity contribution in [2.75, 3.05) is 11.9 Å². The first-order valence-electron chi connectivity index (χ1n) is 7.96. The summed E-state index contributed by atoms with van der Waals surface area (Å²) in [6.45, 7) is 4.16. The lowest BCUT2D eigenvalue weighted by atomic mass is 9.89. The van der Waals surface area contributed by atoms with Gasteiger partial charge in [0.05, 0.1) is 6.54 Å². The number of hydrogen-bond donors (Lipinski definition) is 3. The molecule has 0 unspecified atom stereocenters. The zero-order chi connectivity index (χ0) is 15.9. The fraction of sp³-hybridized carbons (Fsp3) is 0.529. The number of rotatable bonds is 4. The summed E-state index contributed by atoms with van der Waals surface area (Å²) < 4.78 is 0. The van der Waals surface area contributed by atoms with E-state index in [9.17, 15) is 9.59 Å². The Morgan fingerprint density at radius 3 is 2.50 bits per heavy atom. The molecule has 0 spiro atoms. The molecule has 3 N–H and O–H groups in total. The van der Waals surface area contributed by atoms with Gasteiger partial charge in [0, 0.05) is 11.6 Å². The Labute approximate surface area is 131 Å². The monoisotopic (exact) mass is 303 g/mol. The van der Waals surface area contributed by atoms with E-state index in [1.165, 1.54) is 12.0 Å². The van der Waals surface area contributed by atoms with Crippen LogP contribution < -0.4 is 16.2 Å². The molecule has 0 bridgehead atoms. The van der Waals surface area contributed by atoms with E-state index in [0.717, 1.165) is 36.9 Å². The van der Waals surface area contributed by atoms with Gasteiger partial charge in [-0.15, -0.1) is 0 Å². The molecule has 1 aromatic rings. The lowest BCUT2D eigenvalue weighted by Gasteiger charge is -2.20. The van der Waals surface area contributed by atoms with Crippen LogP contribution in [0.25, 0.3) is 0 Å². The van der Waals surface area contributed by atoms with E-state index in [-0.39, 0.29) is 24.3 Å². The van der Waals surface area contributed by atoms with Crippen LogP contribution in [0.1, 0.15) is 43.2 Å². The van der Waals surface area contributed by atoms with Gasteiger partial charge in [0.25, 0.3) is 5.91 Å². The second kappa shape index (κ2) is 7.82. The second-order valence-corrected chi connectivity index (χ2v) is 6.04. The van der Waals surface area contributed by atoms with Crippen LogP contribution in [0.3, 0.4) is 0 Å². The predicted octanol–water partition coefficient (Wildman–Crippen LogP) is 2.44. The normalized spacial score (nSPS) is 15.2. The van der Waals surface area contributed by atoms with Crippen LogP contribution in [-0.4, -0.2) is 18.4 Å². The molecule has 0 aliphatic heterocycles. The Balaban J connectivity index is 1.72. The first-order chi connectivity index (χ1) is 10.6. The third-order valence-corrected chi connectivity index (χ3v) is 4.12. The average Bonchev–Trinajstić information content (AvgIpc) is 2.52. The first-order valence-corrected chi connectivity index (χ1v) is 7.96. The highest BCUT2D eigenvalue weighted by Crippen LogP contribution is 2.23. The van der Waals surface area contributed by atoms with E-state index < -0.39 is 0 Å². The van der Waals surface area contributed by atoms with E-state index in [2.05, 4.69) is 22.2 Å². The molecule has 1 fully saturated rings. The van der Waals surface area contributed by atoms with Gasteiger partial charge >= 0.3 is 0 Å². The fourth-order valence-corrected chi connectivity index (χ4v) is 2.83. The lowest BCUT2D eigenvalue weighted by molar-refractivity contribution is -0.131. The van der Waals surface area contributed by atoms with Gasteiger partial charge in [-0.25, -0.2) is 0 Å². The summed E-state index contributed by atoms with van der Waals surface area (Å²) in [4.78, 5) is 23.7. The number of anilines is 1. The maximum absolute atomic E-state index is 11.9. The third kappa shape index (κ3) is 4.76. The number of carbonyl (C=O) groups is 2. The Kier molecular flexibility index (Phi) is 5.81. The number of nitrogens with one attached hydrogen (secondary N) is 3. The van der Waals surface area contributed by atoms with Crippen LogP contribution in [0.2, 0.25) is 0 Å². The van der Waals surface area contributed by atoms with E-state index in [1.54, 1.807) is 0 Å². The molecule has 1 aliphatic carbocycles. The summed E-state index contributed by atoms with van der Waals surface area (Å²) in [5.41, 5.74) is 8.23. The molecule has 1 saturated carbocycles. The van der Waals surface area contributed by atoms with Gasteiger partial charge in [-0.3, -0.25) is 20.4 Å². The van der Waals surface area contributed by atoms with Crippen LogP contribution >= 0.6 is 0 Å². The molecule has 1 aliphatic rings. The van der Waals surface area contributed by atoms with Gasteiger partial charge in [-0.05, 0) is 38.3 Å². The second-order valence-electron chi connectivity index (χ2n) is 6.04. The molecular formula is C17H25N3O2. The smallest absolute Gasteiger partial charge is 0.257 e. The van der Waals surface area contributed by atoms with Crippen LogP contribution in [0, 0.1) is 19.8 Å². The predicted molar refractivity (Wildman–Crippen MR) is 87.3 cm³/mol. The Morgan fingerprint density at radius 1 is 1.09 bits per heavy atom. The van der Waals surface area contributed by atoms with Crippen molar-refractivity contribution in [2.45, 2.75) is 46.0 Å². The highest BCUT2D eigenvalue weighted by atomic mass is 16.2. The summed E-state index contributed by atoms with van der Waals surface area (Å²) in [5.74, 6) is -0.273. The van der Waals surface area contributed by atoms with Crippen LogP contribution in [0.5, 0.6) is 0 Å². The minimum atomic E-state index is -0.246. The molecule has 1 aromatic carbocycles. The SMILES string of the molecule is Cc1ccc(NCC(=O)NNC(=O)C2CCCCC2)c(C)c1. The number of hydrogen-bond acceptors (Lipinski definition) is 3. The number of amides is 2. The molecule has 2 amide bonds.